The second kappa shape index (κ2) is 12.1. The zero-order valence-electron chi connectivity index (χ0n) is 20.1. The van der Waals surface area contributed by atoms with E-state index < -0.39 is 0 Å². The average Bonchev–Trinajstić information content (AvgIpc) is 2.90. The number of carbonyl (C=O) groups is 2. The molecule has 0 radical (unpaired) electrons. The van der Waals surface area contributed by atoms with Crippen molar-refractivity contribution in [2.75, 3.05) is 72.1 Å². The molecule has 0 aromatic heterocycles. The van der Waals surface area contributed by atoms with Crippen molar-refractivity contribution in [1.29, 1.82) is 0 Å². The minimum Gasteiger partial charge on any atom is -0.376 e. The number of nitrogens with zero attached hydrogens (tertiary/aromatic N) is 4. The highest BCUT2D eigenvalue weighted by Gasteiger charge is 2.27. The van der Waals surface area contributed by atoms with Gasteiger partial charge in [0, 0.05) is 83.2 Å². The molecule has 0 saturated carbocycles. The molecule has 2 fully saturated rings. The molecule has 34 heavy (non-hydrogen) atoms. The molecule has 0 spiro atoms. The Morgan fingerprint density at radius 1 is 0.676 bits per heavy atom. The van der Waals surface area contributed by atoms with E-state index in [0.29, 0.717) is 6.61 Å². The Labute approximate surface area is 202 Å². The standard InChI is InChI=1S/C27H36N4O3/c1-2-34-25(21-28-13-17-30(18-14-28)26(32)23-9-5-3-6-10-23)22-29-15-19-31(20-16-29)27(33)24-11-7-4-8-12-24/h3-12,25H,2,13-22H2,1H3. The van der Waals surface area contributed by atoms with Gasteiger partial charge in [-0.1, -0.05) is 36.4 Å². The van der Waals surface area contributed by atoms with E-state index in [-0.39, 0.29) is 17.9 Å². The molecular weight excluding hydrogens is 428 g/mol. The zero-order valence-corrected chi connectivity index (χ0v) is 20.1. The maximum Gasteiger partial charge on any atom is 0.253 e. The van der Waals surface area contributed by atoms with Gasteiger partial charge in [0.25, 0.3) is 11.8 Å². The number of amides is 2. The molecule has 7 heteroatoms. The van der Waals surface area contributed by atoms with Crippen LogP contribution in [0.1, 0.15) is 27.6 Å². The predicted molar refractivity (Wildman–Crippen MR) is 133 cm³/mol. The monoisotopic (exact) mass is 464 g/mol. The van der Waals surface area contributed by atoms with Crippen LogP contribution in [0.5, 0.6) is 0 Å². The van der Waals surface area contributed by atoms with Gasteiger partial charge in [0.1, 0.15) is 0 Å². The van der Waals surface area contributed by atoms with E-state index in [1.165, 1.54) is 0 Å². The third-order valence-corrected chi connectivity index (χ3v) is 6.69. The normalized spacial score (nSPS) is 17.8. The van der Waals surface area contributed by atoms with Crippen molar-refractivity contribution in [1.82, 2.24) is 19.6 Å². The molecule has 182 valence electrons. The number of ether oxygens (including phenoxy) is 1. The molecule has 2 amide bonds. The summed E-state index contributed by atoms with van der Waals surface area (Å²) in [6.07, 6.45) is 0.123. The fourth-order valence-electron chi connectivity index (χ4n) is 4.77. The van der Waals surface area contributed by atoms with E-state index in [1.54, 1.807) is 0 Å². The SMILES string of the molecule is CCOC(CN1CCN(C(=O)c2ccccc2)CC1)CN1CCN(C(=O)c2ccccc2)CC1. The molecule has 2 aliphatic heterocycles. The van der Waals surface area contributed by atoms with E-state index in [4.69, 9.17) is 4.74 Å². The van der Waals surface area contributed by atoms with Crippen LogP contribution in [0.3, 0.4) is 0 Å². The van der Waals surface area contributed by atoms with Crippen molar-refractivity contribution in [2.24, 2.45) is 0 Å². The maximum atomic E-state index is 12.7. The van der Waals surface area contributed by atoms with Gasteiger partial charge in [-0.15, -0.1) is 0 Å². The second-order valence-corrected chi connectivity index (χ2v) is 9.00. The van der Waals surface area contributed by atoms with Crippen molar-refractivity contribution in [3.63, 3.8) is 0 Å². The van der Waals surface area contributed by atoms with Gasteiger partial charge in [0.05, 0.1) is 6.10 Å². The lowest BCUT2D eigenvalue weighted by atomic mass is 10.1. The molecule has 0 N–H and O–H groups in total. The predicted octanol–water partition coefficient (Wildman–Crippen LogP) is 2.31. The van der Waals surface area contributed by atoms with E-state index in [0.717, 1.165) is 76.6 Å². The molecule has 0 atom stereocenters. The number of hydrogen-bond donors (Lipinski definition) is 0. The molecule has 2 aromatic rings. The molecule has 0 aliphatic carbocycles. The Hall–Kier alpha value is -2.74. The molecular formula is C27H36N4O3. The first-order valence-corrected chi connectivity index (χ1v) is 12.4. The van der Waals surface area contributed by atoms with Crippen molar-refractivity contribution in [2.45, 2.75) is 13.0 Å². The van der Waals surface area contributed by atoms with Gasteiger partial charge >= 0.3 is 0 Å². The summed E-state index contributed by atoms with van der Waals surface area (Å²) >= 11 is 0. The molecule has 4 rings (SSSR count). The lowest BCUT2D eigenvalue weighted by Gasteiger charge is -2.39. The van der Waals surface area contributed by atoms with Crippen molar-refractivity contribution in [3.05, 3.63) is 71.8 Å². The summed E-state index contributed by atoms with van der Waals surface area (Å²) in [5, 5.41) is 0. The van der Waals surface area contributed by atoms with Crippen LogP contribution in [0.2, 0.25) is 0 Å². The van der Waals surface area contributed by atoms with Crippen molar-refractivity contribution in [3.8, 4) is 0 Å². The zero-order chi connectivity index (χ0) is 23.8. The van der Waals surface area contributed by atoms with Crippen LogP contribution >= 0.6 is 0 Å². The number of carbonyl (C=O) groups excluding carboxylic acids is 2. The van der Waals surface area contributed by atoms with Crippen molar-refractivity contribution < 1.29 is 14.3 Å². The summed E-state index contributed by atoms with van der Waals surface area (Å²) < 4.78 is 6.09. The van der Waals surface area contributed by atoms with Gasteiger partial charge in [-0.25, -0.2) is 0 Å². The fraction of sp³-hybridized carbons (Fsp3) is 0.481. The number of piperazine rings is 2. The van der Waals surface area contributed by atoms with Crippen LogP contribution < -0.4 is 0 Å². The lowest BCUT2D eigenvalue weighted by molar-refractivity contribution is -0.00670. The van der Waals surface area contributed by atoms with Crippen LogP contribution in [0.25, 0.3) is 0 Å². The van der Waals surface area contributed by atoms with E-state index in [9.17, 15) is 9.59 Å². The average molecular weight is 465 g/mol. The third kappa shape index (κ3) is 6.44. The summed E-state index contributed by atoms with van der Waals surface area (Å²) in [5.74, 6) is 0.231. The Bertz CT molecular complexity index is 834. The summed E-state index contributed by atoms with van der Waals surface area (Å²) in [5.41, 5.74) is 1.51. The Balaban J connectivity index is 1.22. The van der Waals surface area contributed by atoms with Crippen LogP contribution in [-0.4, -0.2) is 110 Å². The second-order valence-electron chi connectivity index (χ2n) is 9.00. The van der Waals surface area contributed by atoms with Crippen LogP contribution in [0.4, 0.5) is 0 Å². The van der Waals surface area contributed by atoms with E-state index >= 15 is 0 Å². The van der Waals surface area contributed by atoms with Crippen LogP contribution in [-0.2, 0) is 4.74 Å². The Morgan fingerprint density at radius 2 is 1.06 bits per heavy atom. The molecule has 2 aromatic carbocycles. The first kappa shape index (κ1) is 24.4. The van der Waals surface area contributed by atoms with E-state index in [2.05, 4.69) is 9.80 Å². The lowest BCUT2D eigenvalue weighted by Crippen LogP contribution is -2.54. The molecule has 0 bridgehead atoms. The van der Waals surface area contributed by atoms with Gasteiger partial charge in [-0.3, -0.25) is 19.4 Å². The van der Waals surface area contributed by atoms with Gasteiger partial charge < -0.3 is 14.5 Å². The quantitative estimate of drug-likeness (QED) is 0.600. The van der Waals surface area contributed by atoms with Crippen LogP contribution in [0, 0.1) is 0 Å². The van der Waals surface area contributed by atoms with Crippen LogP contribution in [0.15, 0.2) is 60.7 Å². The topological polar surface area (TPSA) is 56.3 Å². The molecule has 2 saturated heterocycles. The highest BCUT2D eigenvalue weighted by atomic mass is 16.5. The maximum absolute atomic E-state index is 12.7. The summed E-state index contributed by atoms with van der Waals surface area (Å²) in [6.45, 7) is 10.9. The van der Waals surface area contributed by atoms with Gasteiger partial charge in [-0.2, -0.15) is 0 Å². The minimum atomic E-state index is 0.115. The molecule has 0 unspecified atom stereocenters. The molecule has 2 aliphatic rings. The first-order chi connectivity index (χ1) is 16.6. The Kier molecular flexibility index (Phi) is 8.68. The highest BCUT2D eigenvalue weighted by Crippen LogP contribution is 2.13. The fourth-order valence-corrected chi connectivity index (χ4v) is 4.77. The third-order valence-electron chi connectivity index (χ3n) is 6.69. The van der Waals surface area contributed by atoms with Gasteiger partial charge in [-0.05, 0) is 31.2 Å². The smallest absolute Gasteiger partial charge is 0.253 e. The number of hydrogen-bond acceptors (Lipinski definition) is 5. The van der Waals surface area contributed by atoms with E-state index in [1.807, 2.05) is 77.4 Å². The van der Waals surface area contributed by atoms with Gasteiger partial charge in [0.2, 0.25) is 0 Å². The summed E-state index contributed by atoms with van der Waals surface area (Å²) in [4.78, 5) is 34.1. The first-order valence-electron chi connectivity index (χ1n) is 12.4. The highest BCUT2D eigenvalue weighted by molar-refractivity contribution is 5.94. The summed E-state index contributed by atoms with van der Waals surface area (Å²) in [6, 6.07) is 19.0. The van der Waals surface area contributed by atoms with Crippen molar-refractivity contribution >= 4 is 11.8 Å². The number of benzene rings is 2. The Morgan fingerprint density at radius 3 is 1.41 bits per heavy atom. The molecule has 7 nitrogen and oxygen atoms in total. The van der Waals surface area contributed by atoms with Gasteiger partial charge in [0.15, 0.2) is 0 Å². The number of rotatable bonds is 8. The molecule has 2 heterocycles. The summed E-state index contributed by atoms with van der Waals surface area (Å²) in [7, 11) is 0. The minimum absolute atomic E-state index is 0.115. The largest absolute Gasteiger partial charge is 0.376 e.